The number of methoxy groups -OCH3 is 1. The fourth-order valence-corrected chi connectivity index (χ4v) is 2.26. The number of ether oxygens (including phenoxy) is 1. The van der Waals surface area contributed by atoms with E-state index in [1.54, 1.807) is 7.11 Å². The van der Waals surface area contributed by atoms with Crippen LogP contribution in [0.1, 0.15) is 28.8 Å². The van der Waals surface area contributed by atoms with E-state index in [0.717, 1.165) is 18.7 Å². The van der Waals surface area contributed by atoms with Crippen LogP contribution in [0.2, 0.25) is 0 Å². The molecule has 1 saturated heterocycles. The van der Waals surface area contributed by atoms with E-state index in [1.165, 1.54) is 12.8 Å². The second kappa shape index (κ2) is 5.32. The first-order chi connectivity index (χ1) is 8.20. The van der Waals surface area contributed by atoms with Gasteiger partial charge in [-0.15, -0.1) is 0 Å². The molecule has 0 unspecified atom stereocenters. The van der Waals surface area contributed by atoms with Crippen molar-refractivity contribution in [1.82, 2.24) is 4.90 Å². The van der Waals surface area contributed by atoms with Gasteiger partial charge in [0.15, 0.2) is 5.78 Å². The molecule has 1 aliphatic rings. The van der Waals surface area contributed by atoms with E-state index in [-0.39, 0.29) is 5.78 Å². The van der Waals surface area contributed by atoms with Gasteiger partial charge in [0.25, 0.3) is 0 Å². The van der Waals surface area contributed by atoms with Crippen LogP contribution in [-0.4, -0.2) is 37.4 Å². The van der Waals surface area contributed by atoms with Gasteiger partial charge in [0, 0.05) is 0 Å². The molecule has 0 N–H and O–H groups in total. The molecule has 0 atom stereocenters. The zero-order valence-electron chi connectivity index (χ0n) is 10.5. The molecule has 0 saturated carbocycles. The first kappa shape index (κ1) is 12.1. The molecular formula is C14H19NO2. The van der Waals surface area contributed by atoms with Crippen LogP contribution in [0.3, 0.4) is 0 Å². The smallest absolute Gasteiger partial charge is 0.180 e. The summed E-state index contributed by atoms with van der Waals surface area (Å²) in [5, 5.41) is 0. The molecule has 0 radical (unpaired) electrons. The number of benzene rings is 1. The van der Waals surface area contributed by atoms with Crippen molar-refractivity contribution < 1.29 is 9.53 Å². The van der Waals surface area contributed by atoms with Crippen LogP contribution < -0.4 is 4.74 Å². The Morgan fingerprint density at radius 3 is 2.71 bits per heavy atom. The Bertz CT molecular complexity index is 409. The fraction of sp³-hybridized carbons (Fsp3) is 0.500. The summed E-state index contributed by atoms with van der Waals surface area (Å²) in [6.07, 6.45) is 2.41. The topological polar surface area (TPSA) is 29.5 Å². The lowest BCUT2D eigenvalue weighted by atomic mass is 10.1. The van der Waals surface area contributed by atoms with E-state index < -0.39 is 0 Å². The summed E-state index contributed by atoms with van der Waals surface area (Å²) in [5.41, 5.74) is 1.81. The quantitative estimate of drug-likeness (QED) is 0.747. The predicted molar refractivity (Wildman–Crippen MR) is 67.7 cm³/mol. The van der Waals surface area contributed by atoms with Gasteiger partial charge in [0.1, 0.15) is 5.75 Å². The number of nitrogens with zero attached hydrogens (tertiary/aromatic N) is 1. The maximum absolute atomic E-state index is 12.2. The Morgan fingerprint density at radius 1 is 1.35 bits per heavy atom. The molecule has 1 heterocycles. The summed E-state index contributed by atoms with van der Waals surface area (Å²) in [7, 11) is 1.61. The number of carbonyl (C=O) groups is 1. The van der Waals surface area contributed by atoms with Crippen molar-refractivity contribution >= 4 is 5.78 Å². The Hall–Kier alpha value is -1.35. The van der Waals surface area contributed by atoms with E-state index in [2.05, 4.69) is 4.90 Å². The molecule has 1 aliphatic heterocycles. The van der Waals surface area contributed by atoms with Gasteiger partial charge in [0.05, 0.1) is 19.2 Å². The van der Waals surface area contributed by atoms with Crippen LogP contribution in [0, 0.1) is 6.92 Å². The second-order valence-corrected chi connectivity index (χ2v) is 4.61. The molecule has 1 aromatic rings. The molecule has 0 aromatic heterocycles. The van der Waals surface area contributed by atoms with Gasteiger partial charge < -0.3 is 4.74 Å². The van der Waals surface area contributed by atoms with Crippen LogP contribution in [0.25, 0.3) is 0 Å². The lowest BCUT2D eigenvalue weighted by Crippen LogP contribution is -2.27. The van der Waals surface area contributed by atoms with Gasteiger partial charge in [-0.2, -0.15) is 0 Å². The number of Topliss-reactive ketones (excluding diaryl/α,β-unsaturated/α-hetero) is 1. The molecule has 2 rings (SSSR count). The highest BCUT2D eigenvalue weighted by molar-refractivity contribution is 6.00. The maximum atomic E-state index is 12.2. The standard InChI is InChI=1S/C14H19NO2/c1-11-5-6-12(14(9-11)17-2)13(16)10-15-7-3-4-8-15/h5-6,9H,3-4,7-8,10H2,1-2H3. The minimum Gasteiger partial charge on any atom is -0.496 e. The summed E-state index contributed by atoms with van der Waals surface area (Å²) < 4.78 is 5.27. The highest BCUT2D eigenvalue weighted by atomic mass is 16.5. The van der Waals surface area contributed by atoms with E-state index >= 15 is 0 Å². The van der Waals surface area contributed by atoms with E-state index in [0.29, 0.717) is 17.9 Å². The fourth-order valence-electron chi connectivity index (χ4n) is 2.26. The van der Waals surface area contributed by atoms with Crippen LogP contribution in [0.4, 0.5) is 0 Å². The van der Waals surface area contributed by atoms with Crippen LogP contribution in [0.5, 0.6) is 5.75 Å². The van der Waals surface area contributed by atoms with Gasteiger partial charge in [0.2, 0.25) is 0 Å². The summed E-state index contributed by atoms with van der Waals surface area (Å²) in [6.45, 7) is 4.59. The van der Waals surface area contributed by atoms with Crippen LogP contribution in [-0.2, 0) is 0 Å². The van der Waals surface area contributed by atoms with Crippen molar-refractivity contribution in [3.05, 3.63) is 29.3 Å². The van der Waals surface area contributed by atoms with Gasteiger partial charge in [-0.05, 0) is 50.6 Å². The van der Waals surface area contributed by atoms with Crippen molar-refractivity contribution in [2.24, 2.45) is 0 Å². The molecule has 3 heteroatoms. The van der Waals surface area contributed by atoms with Gasteiger partial charge >= 0.3 is 0 Å². The molecular weight excluding hydrogens is 214 g/mol. The number of hydrogen-bond acceptors (Lipinski definition) is 3. The first-order valence-electron chi connectivity index (χ1n) is 6.11. The summed E-state index contributed by atoms with van der Waals surface area (Å²) >= 11 is 0. The number of hydrogen-bond donors (Lipinski definition) is 0. The minimum absolute atomic E-state index is 0.156. The van der Waals surface area contributed by atoms with E-state index in [1.807, 2.05) is 25.1 Å². The summed E-state index contributed by atoms with van der Waals surface area (Å²) in [4.78, 5) is 14.4. The first-order valence-corrected chi connectivity index (χ1v) is 6.11. The molecule has 92 valence electrons. The lowest BCUT2D eigenvalue weighted by Gasteiger charge is -2.15. The normalized spacial score (nSPS) is 16.1. The lowest BCUT2D eigenvalue weighted by molar-refractivity contribution is 0.0942. The van der Waals surface area contributed by atoms with Crippen molar-refractivity contribution in [2.75, 3.05) is 26.7 Å². The Balaban J connectivity index is 2.12. The van der Waals surface area contributed by atoms with Crippen molar-refractivity contribution in [1.29, 1.82) is 0 Å². The van der Waals surface area contributed by atoms with Gasteiger partial charge in [-0.25, -0.2) is 0 Å². The molecule has 0 aliphatic carbocycles. The largest absolute Gasteiger partial charge is 0.496 e. The second-order valence-electron chi connectivity index (χ2n) is 4.61. The number of rotatable bonds is 4. The van der Waals surface area contributed by atoms with Crippen molar-refractivity contribution in [2.45, 2.75) is 19.8 Å². The molecule has 3 nitrogen and oxygen atoms in total. The zero-order chi connectivity index (χ0) is 12.3. The Labute approximate surface area is 102 Å². The third kappa shape index (κ3) is 2.86. The molecule has 0 amide bonds. The molecule has 0 spiro atoms. The van der Waals surface area contributed by atoms with Gasteiger partial charge in [-0.1, -0.05) is 6.07 Å². The SMILES string of the molecule is COc1cc(C)ccc1C(=O)CN1CCCC1. The van der Waals surface area contributed by atoms with Crippen LogP contribution in [0.15, 0.2) is 18.2 Å². The molecule has 1 fully saturated rings. The van der Waals surface area contributed by atoms with E-state index in [9.17, 15) is 4.79 Å². The number of likely N-dealkylation sites (tertiary alicyclic amines) is 1. The van der Waals surface area contributed by atoms with E-state index in [4.69, 9.17) is 4.74 Å². The average Bonchev–Trinajstić information content (AvgIpc) is 2.81. The zero-order valence-corrected chi connectivity index (χ0v) is 10.5. The van der Waals surface area contributed by atoms with Crippen molar-refractivity contribution in [3.8, 4) is 5.75 Å². The maximum Gasteiger partial charge on any atom is 0.180 e. The number of carbonyl (C=O) groups excluding carboxylic acids is 1. The average molecular weight is 233 g/mol. The molecule has 1 aromatic carbocycles. The highest BCUT2D eigenvalue weighted by Crippen LogP contribution is 2.21. The molecule has 17 heavy (non-hydrogen) atoms. The minimum atomic E-state index is 0.156. The predicted octanol–water partition coefficient (Wildman–Crippen LogP) is 2.28. The summed E-state index contributed by atoms with van der Waals surface area (Å²) in [6, 6.07) is 5.74. The number of aryl methyl sites for hydroxylation is 1. The van der Waals surface area contributed by atoms with Gasteiger partial charge in [-0.3, -0.25) is 9.69 Å². The highest BCUT2D eigenvalue weighted by Gasteiger charge is 2.18. The summed E-state index contributed by atoms with van der Waals surface area (Å²) in [5.74, 6) is 0.845. The third-order valence-electron chi connectivity index (χ3n) is 3.22. The van der Waals surface area contributed by atoms with Crippen LogP contribution >= 0.6 is 0 Å². The Morgan fingerprint density at radius 2 is 2.06 bits per heavy atom. The molecule has 0 bridgehead atoms. The monoisotopic (exact) mass is 233 g/mol. The van der Waals surface area contributed by atoms with Crippen molar-refractivity contribution in [3.63, 3.8) is 0 Å². The third-order valence-corrected chi connectivity index (χ3v) is 3.22. The number of ketones is 1. The Kier molecular flexibility index (Phi) is 3.79.